The maximum absolute atomic E-state index is 12.8. The van der Waals surface area contributed by atoms with E-state index in [9.17, 15) is 8.42 Å². The van der Waals surface area contributed by atoms with E-state index in [-0.39, 0.29) is 16.9 Å². The summed E-state index contributed by atoms with van der Waals surface area (Å²) < 4.78 is 31.1. The number of rotatable bonds is 7. The summed E-state index contributed by atoms with van der Waals surface area (Å²) in [6, 6.07) is 1.66. The third-order valence-corrected chi connectivity index (χ3v) is 5.29. The second-order valence-electron chi connectivity index (χ2n) is 6.09. The Labute approximate surface area is 150 Å². The Morgan fingerprint density at radius 3 is 2.69 bits per heavy atom. The summed E-state index contributed by atoms with van der Waals surface area (Å²) in [5.41, 5.74) is 0. The van der Waals surface area contributed by atoms with Crippen molar-refractivity contribution in [2.75, 3.05) is 4.72 Å². The van der Waals surface area contributed by atoms with E-state index in [1.165, 1.54) is 36.2 Å². The minimum Gasteiger partial charge on any atom is -0.333 e. The molecule has 11 heteroatoms. The van der Waals surface area contributed by atoms with Crippen LogP contribution in [0.3, 0.4) is 0 Å². The number of anilines is 1. The molecule has 26 heavy (non-hydrogen) atoms. The van der Waals surface area contributed by atoms with E-state index in [2.05, 4.69) is 29.8 Å². The van der Waals surface area contributed by atoms with Crippen LogP contribution < -0.4 is 4.72 Å². The number of aromatic nitrogens is 7. The molecule has 1 aliphatic carbocycles. The second kappa shape index (κ2) is 6.48. The van der Waals surface area contributed by atoms with E-state index in [0.717, 1.165) is 12.4 Å². The van der Waals surface area contributed by atoms with Crippen molar-refractivity contribution in [3.63, 3.8) is 0 Å². The average molecular weight is 374 g/mol. The normalized spacial score (nSPS) is 14.5. The van der Waals surface area contributed by atoms with Crippen LogP contribution in [0.15, 0.2) is 36.0 Å². The van der Waals surface area contributed by atoms with Crippen molar-refractivity contribution >= 4 is 16.0 Å². The third kappa shape index (κ3) is 3.29. The van der Waals surface area contributed by atoms with Gasteiger partial charge in [0, 0.05) is 31.6 Å². The highest BCUT2D eigenvalue weighted by molar-refractivity contribution is 7.92. The van der Waals surface area contributed by atoms with Gasteiger partial charge in [-0.05, 0) is 24.8 Å². The van der Waals surface area contributed by atoms with Crippen molar-refractivity contribution in [1.29, 1.82) is 0 Å². The zero-order valence-corrected chi connectivity index (χ0v) is 15.0. The van der Waals surface area contributed by atoms with Crippen LogP contribution in [0.5, 0.6) is 0 Å². The largest absolute Gasteiger partial charge is 0.333 e. The lowest BCUT2D eigenvalue weighted by atomic mass is 10.4. The molecule has 1 aliphatic rings. The Morgan fingerprint density at radius 2 is 2.00 bits per heavy atom. The van der Waals surface area contributed by atoms with Crippen molar-refractivity contribution < 1.29 is 8.42 Å². The van der Waals surface area contributed by atoms with Crippen molar-refractivity contribution in [3.05, 3.63) is 36.8 Å². The summed E-state index contributed by atoms with van der Waals surface area (Å²) in [6.07, 6.45) is 8.92. The van der Waals surface area contributed by atoms with Crippen molar-refractivity contribution in [2.24, 2.45) is 5.92 Å². The van der Waals surface area contributed by atoms with Gasteiger partial charge in [0.15, 0.2) is 5.03 Å². The number of hydrogen-bond donors (Lipinski definition) is 1. The molecule has 1 saturated carbocycles. The first-order valence-electron chi connectivity index (χ1n) is 8.33. The van der Waals surface area contributed by atoms with Gasteiger partial charge >= 0.3 is 0 Å². The molecular weight excluding hydrogens is 356 g/mol. The van der Waals surface area contributed by atoms with E-state index < -0.39 is 10.0 Å². The van der Waals surface area contributed by atoms with Gasteiger partial charge in [-0.2, -0.15) is 23.2 Å². The molecule has 10 nitrogen and oxygen atoms in total. The molecule has 136 valence electrons. The molecule has 0 aromatic carbocycles. The van der Waals surface area contributed by atoms with Crippen LogP contribution in [0, 0.1) is 5.92 Å². The van der Waals surface area contributed by atoms with Gasteiger partial charge in [-0.3, -0.25) is 0 Å². The third-order valence-electron chi connectivity index (χ3n) is 4.10. The van der Waals surface area contributed by atoms with Crippen molar-refractivity contribution in [3.8, 4) is 5.95 Å². The summed E-state index contributed by atoms with van der Waals surface area (Å²) in [6.45, 7) is 2.76. The molecule has 0 saturated heterocycles. The maximum Gasteiger partial charge on any atom is 0.283 e. The van der Waals surface area contributed by atoms with Gasteiger partial charge in [-0.1, -0.05) is 6.92 Å². The number of sulfonamides is 1. The summed E-state index contributed by atoms with van der Waals surface area (Å²) in [4.78, 5) is 16.3. The molecule has 3 heterocycles. The fourth-order valence-electron chi connectivity index (χ4n) is 2.61. The standard InChI is InChI=1S/C15H18N8O2S/c1-2-12-20-13(9-22(12)8-11-4-5-11)26(24,25)21-15-18-10-19-23(15)14-16-6-3-7-17-14/h3,6-7,9-11H,2,4-5,8H2,1H3,(H,18,19,21). The number of nitrogens with zero attached hydrogens (tertiary/aromatic N) is 7. The van der Waals surface area contributed by atoms with Crippen LogP contribution in [0.2, 0.25) is 0 Å². The van der Waals surface area contributed by atoms with E-state index in [1.54, 1.807) is 12.3 Å². The lowest BCUT2D eigenvalue weighted by molar-refractivity contribution is 0.594. The number of nitrogens with one attached hydrogen (secondary N) is 1. The molecule has 1 fully saturated rings. The predicted molar refractivity (Wildman–Crippen MR) is 92.1 cm³/mol. The van der Waals surface area contributed by atoms with Gasteiger partial charge in [0.2, 0.25) is 5.95 Å². The Morgan fingerprint density at radius 1 is 1.23 bits per heavy atom. The first-order chi connectivity index (χ1) is 12.6. The molecule has 0 radical (unpaired) electrons. The fraction of sp³-hybridized carbons (Fsp3) is 0.400. The Hall–Kier alpha value is -2.82. The van der Waals surface area contributed by atoms with Crippen LogP contribution in [0.25, 0.3) is 5.95 Å². The lowest BCUT2D eigenvalue weighted by Crippen LogP contribution is -2.18. The topological polar surface area (TPSA) is 120 Å². The first-order valence-corrected chi connectivity index (χ1v) is 9.81. The summed E-state index contributed by atoms with van der Waals surface area (Å²) in [5, 5.41) is 3.95. The van der Waals surface area contributed by atoms with Gasteiger partial charge in [0.25, 0.3) is 16.0 Å². The predicted octanol–water partition coefficient (Wildman–Crippen LogP) is 1.03. The zero-order chi connectivity index (χ0) is 18.1. The smallest absolute Gasteiger partial charge is 0.283 e. The van der Waals surface area contributed by atoms with Crippen LogP contribution in [0.1, 0.15) is 25.6 Å². The highest BCUT2D eigenvalue weighted by atomic mass is 32.2. The zero-order valence-electron chi connectivity index (χ0n) is 14.1. The molecule has 4 rings (SSSR count). The van der Waals surface area contributed by atoms with E-state index in [1.807, 2.05) is 11.5 Å². The first kappa shape index (κ1) is 16.6. The SMILES string of the molecule is CCc1nc(S(=O)(=O)Nc2ncnn2-c2ncccn2)cn1CC1CC1. The van der Waals surface area contributed by atoms with Crippen LogP contribution in [-0.2, 0) is 23.0 Å². The maximum atomic E-state index is 12.8. The molecule has 0 spiro atoms. The molecular formula is C15H18N8O2S. The lowest BCUT2D eigenvalue weighted by Gasteiger charge is -2.06. The van der Waals surface area contributed by atoms with E-state index in [4.69, 9.17) is 0 Å². The molecule has 0 bridgehead atoms. The fourth-order valence-corrected chi connectivity index (χ4v) is 3.58. The van der Waals surface area contributed by atoms with Gasteiger partial charge < -0.3 is 4.57 Å². The van der Waals surface area contributed by atoms with Crippen molar-refractivity contribution in [2.45, 2.75) is 37.8 Å². The summed E-state index contributed by atoms with van der Waals surface area (Å²) in [5.74, 6) is 1.60. The molecule has 0 atom stereocenters. The van der Waals surface area contributed by atoms with Crippen molar-refractivity contribution in [1.82, 2.24) is 34.3 Å². The second-order valence-corrected chi connectivity index (χ2v) is 7.72. The van der Waals surface area contributed by atoms with Gasteiger partial charge in [0.1, 0.15) is 12.2 Å². The van der Waals surface area contributed by atoms with Gasteiger partial charge in [-0.25, -0.2) is 19.7 Å². The number of hydrogen-bond acceptors (Lipinski definition) is 7. The summed E-state index contributed by atoms with van der Waals surface area (Å²) in [7, 11) is -3.90. The summed E-state index contributed by atoms with van der Waals surface area (Å²) >= 11 is 0. The monoisotopic (exact) mass is 374 g/mol. The van der Waals surface area contributed by atoms with E-state index >= 15 is 0 Å². The van der Waals surface area contributed by atoms with E-state index in [0.29, 0.717) is 12.3 Å². The average Bonchev–Trinajstić information content (AvgIpc) is 3.16. The molecule has 0 aliphatic heterocycles. The molecule has 0 unspecified atom stereocenters. The van der Waals surface area contributed by atoms with Gasteiger partial charge in [-0.15, -0.1) is 0 Å². The van der Waals surface area contributed by atoms with Crippen LogP contribution in [0.4, 0.5) is 5.95 Å². The Kier molecular flexibility index (Phi) is 4.15. The number of imidazole rings is 1. The minimum atomic E-state index is -3.90. The molecule has 3 aromatic rings. The van der Waals surface area contributed by atoms with Crippen LogP contribution >= 0.6 is 0 Å². The highest BCUT2D eigenvalue weighted by Crippen LogP contribution is 2.31. The quantitative estimate of drug-likeness (QED) is 0.655. The highest BCUT2D eigenvalue weighted by Gasteiger charge is 2.26. The minimum absolute atomic E-state index is 0.00555. The molecule has 3 aromatic heterocycles. The van der Waals surface area contributed by atoms with Crippen LogP contribution in [-0.4, -0.2) is 42.7 Å². The Bertz CT molecular complexity index is 1010. The molecule has 0 amide bonds. The van der Waals surface area contributed by atoms with Gasteiger partial charge in [0.05, 0.1) is 0 Å². The molecule has 1 N–H and O–H groups in total. The Balaban J connectivity index is 1.62. The number of aryl methyl sites for hydroxylation is 1.